The highest BCUT2D eigenvalue weighted by molar-refractivity contribution is 9.10. The second-order valence-electron chi connectivity index (χ2n) is 8.47. The van der Waals surface area contributed by atoms with E-state index in [0.29, 0.717) is 5.69 Å². The maximum absolute atomic E-state index is 13.9. The Morgan fingerprint density at radius 2 is 1.50 bits per heavy atom. The standard InChI is InChI=1S/C26H20BrNO2/c1-2-26-19-12-5-3-10-17(19)21(18-11-4-6-13-20(18)26)22-23(26)25(30)28(24(22)29)16-9-7-8-15(27)14-16/h3-14,21-23H,2H2,1H3/t21?,22-,23-,26?/m0/s1. The fraction of sp³-hybridized carbons (Fsp3) is 0.231. The summed E-state index contributed by atoms with van der Waals surface area (Å²) in [6.07, 6.45) is 0.778. The minimum absolute atomic E-state index is 0.0704. The van der Waals surface area contributed by atoms with Crippen LogP contribution in [0.1, 0.15) is 41.5 Å². The number of carbonyl (C=O) groups is 2. The SMILES string of the molecule is CCC12c3ccccc3C(c3ccccc31)[C@@H]1C(=O)N(c3cccc(Br)c3)C(=O)[C@H]12. The van der Waals surface area contributed by atoms with Crippen LogP contribution in [0, 0.1) is 11.8 Å². The lowest BCUT2D eigenvalue weighted by Crippen LogP contribution is -2.53. The fourth-order valence-electron chi connectivity index (χ4n) is 6.40. The molecule has 1 saturated heterocycles. The van der Waals surface area contributed by atoms with Gasteiger partial charge in [-0.05, 0) is 46.9 Å². The van der Waals surface area contributed by atoms with Gasteiger partial charge >= 0.3 is 0 Å². The van der Waals surface area contributed by atoms with Gasteiger partial charge in [0.05, 0.1) is 17.5 Å². The maximum Gasteiger partial charge on any atom is 0.238 e. The second kappa shape index (κ2) is 6.14. The third-order valence-electron chi connectivity index (χ3n) is 7.42. The lowest BCUT2D eigenvalue weighted by molar-refractivity contribution is -0.123. The van der Waals surface area contributed by atoms with Crippen molar-refractivity contribution in [2.75, 3.05) is 4.90 Å². The lowest BCUT2D eigenvalue weighted by Gasteiger charge is -2.54. The van der Waals surface area contributed by atoms with Gasteiger partial charge in [0.2, 0.25) is 11.8 Å². The normalized spacial score (nSPS) is 28.3. The molecule has 2 amide bonds. The summed E-state index contributed by atoms with van der Waals surface area (Å²) in [6.45, 7) is 2.15. The monoisotopic (exact) mass is 457 g/mol. The number of hydrogen-bond donors (Lipinski definition) is 0. The average Bonchev–Trinajstić information content (AvgIpc) is 3.05. The lowest BCUT2D eigenvalue weighted by atomic mass is 9.46. The van der Waals surface area contributed by atoms with E-state index in [2.05, 4.69) is 59.3 Å². The Morgan fingerprint density at radius 1 is 0.867 bits per heavy atom. The van der Waals surface area contributed by atoms with Crippen LogP contribution in [0.2, 0.25) is 0 Å². The third-order valence-corrected chi connectivity index (χ3v) is 7.91. The molecule has 0 spiro atoms. The molecule has 3 aromatic rings. The van der Waals surface area contributed by atoms with E-state index in [1.165, 1.54) is 27.2 Å². The van der Waals surface area contributed by atoms with Crippen LogP contribution >= 0.6 is 15.9 Å². The van der Waals surface area contributed by atoms with Gasteiger partial charge in [0.1, 0.15) is 0 Å². The molecule has 1 fully saturated rings. The van der Waals surface area contributed by atoms with Crippen molar-refractivity contribution >= 4 is 33.4 Å². The first-order valence-electron chi connectivity index (χ1n) is 10.4. The molecule has 3 aliphatic carbocycles. The zero-order chi connectivity index (χ0) is 20.6. The third kappa shape index (κ3) is 2.00. The maximum atomic E-state index is 13.9. The summed E-state index contributed by atoms with van der Waals surface area (Å²) < 4.78 is 0.857. The molecule has 0 unspecified atom stereocenters. The summed E-state index contributed by atoms with van der Waals surface area (Å²) in [6, 6.07) is 24.3. The molecule has 2 bridgehead atoms. The number of amides is 2. The highest BCUT2D eigenvalue weighted by Crippen LogP contribution is 2.65. The molecule has 1 aliphatic heterocycles. The second-order valence-corrected chi connectivity index (χ2v) is 9.39. The summed E-state index contributed by atoms with van der Waals surface area (Å²) in [5, 5.41) is 0. The Kier molecular flexibility index (Phi) is 3.70. The van der Waals surface area contributed by atoms with Crippen LogP contribution in [0.25, 0.3) is 0 Å². The molecule has 0 N–H and O–H groups in total. The predicted molar refractivity (Wildman–Crippen MR) is 119 cm³/mol. The zero-order valence-corrected chi connectivity index (χ0v) is 18.1. The first kappa shape index (κ1) is 18.1. The Morgan fingerprint density at radius 3 is 2.10 bits per heavy atom. The number of carbonyl (C=O) groups excluding carboxylic acids is 2. The molecule has 4 aliphatic rings. The highest BCUT2D eigenvalue weighted by Gasteiger charge is 2.67. The molecule has 3 aromatic carbocycles. The van der Waals surface area contributed by atoms with Crippen LogP contribution in [-0.4, -0.2) is 11.8 Å². The van der Waals surface area contributed by atoms with E-state index in [1.54, 1.807) is 0 Å². The van der Waals surface area contributed by atoms with E-state index in [-0.39, 0.29) is 29.6 Å². The molecule has 30 heavy (non-hydrogen) atoms. The molecule has 3 nitrogen and oxygen atoms in total. The van der Waals surface area contributed by atoms with Gasteiger partial charge < -0.3 is 0 Å². The van der Waals surface area contributed by atoms with Crippen LogP contribution in [0.15, 0.2) is 77.3 Å². The minimum atomic E-state index is -0.472. The van der Waals surface area contributed by atoms with Crippen molar-refractivity contribution in [1.82, 2.24) is 0 Å². The molecule has 0 saturated carbocycles. The molecule has 7 rings (SSSR count). The predicted octanol–water partition coefficient (Wildman–Crippen LogP) is 5.41. The number of benzene rings is 3. The van der Waals surface area contributed by atoms with Crippen molar-refractivity contribution in [3.05, 3.63) is 99.5 Å². The molecule has 2 atom stereocenters. The number of rotatable bonds is 2. The van der Waals surface area contributed by atoms with Gasteiger partial charge in [0, 0.05) is 15.8 Å². The molecular weight excluding hydrogens is 438 g/mol. The number of nitrogens with zero attached hydrogens (tertiary/aromatic N) is 1. The molecule has 0 radical (unpaired) electrons. The number of anilines is 1. The van der Waals surface area contributed by atoms with Crippen LogP contribution in [0.3, 0.4) is 0 Å². The van der Waals surface area contributed by atoms with E-state index in [1.807, 2.05) is 36.4 Å². The van der Waals surface area contributed by atoms with Crippen LogP contribution < -0.4 is 4.90 Å². The van der Waals surface area contributed by atoms with Gasteiger partial charge in [0.25, 0.3) is 0 Å². The van der Waals surface area contributed by atoms with Gasteiger partial charge in [-0.1, -0.05) is 77.5 Å². The quantitative estimate of drug-likeness (QED) is 0.482. The zero-order valence-electron chi connectivity index (χ0n) is 16.5. The summed E-state index contributed by atoms with van der Waals surface area (Å²) in [7, 11) is 0. The minimum Gasteiger partial charge on any atom is -0.274 e. The first-order valence-corrected chi connectivity index (χ1v) is 11.2. The Bertz CT molecular complexity index is 1190. The van der Waals surface area contributed by atoms with Gasteiger partial charge in [-0.25, -0.2) is 4.90 Å². The van der Waals surface area contributed by atoms with Crippen molar-refractivity contribution in [1.29, 1.82) is 0 Å². The van der Waals surface area contributed by atoms with Crippen LogP contribution in [0.4, 0.5) is 5.69 Å². The smallest absolute Gasteiger partial charge is 0.238 e. The number of imide groups is 1. The summed E-state index contributed by atoms with van der Waals surface area (Å²) in [4.78, 5) is 29.2. The van der Waals surface area contributed by atoms with E-state index in [0.717, 1.165) is 10.9 Å². The molecule has 1 heterocycles. The van der Waals surface area contributed by atoms with Crippen molar-refractivity contribution in [3.8, 4) is 0 Å². The Labute approximate surface area is 183 Å². The van der Waals surface area contributed by atoms with E-state index < -0.39 is 5.41 Å². The summed E-state index contributed by atoms with van der Waals surface area (Å²) in [5.74, 6) is -0.955. The summed E-state index contributed by atoms with van der Waals surface area (Å²) in [5.41, 5.74) is 5.02. The molecule has 0 aromatic heterocycles. The van der Waals surface area contributed by atoms with Crippen molar-refractivity contribution in [3.63, 3.8) is 0 Å². The molecular formula is C26H20BrNO2. The van der Waals surface area contributed by atoms with E-state index in [4.69, 9.17) is 0 Å². The largest absolute Gasteiger partial charge is 0.274 e. The van der Waals surface area contributed by atoms with Crippen molar-refractivity contribution < 1.29 is 9.59 Å². The van der Waals surface area contributed by atoms with Gasteiger partial charge in [-0.2, -0.15) is 0 Å². The summed E-state index contributed by atoms with van der Waals surface area (Å²) >= 11 is 3.48. The van der Waals surface area contributed by atoms with Crippen molar-refractivity contribution in [2.24, 2.45) is 11.8 Å². The average molecular weight is 458 g/mol. The highest BCUT2D eigenvalue weighted by atomic mass is 79.9. The van der Waals surface area contributed by atoms with Gasteiger partial charge in [-0.15, -0.1) is 0 Å². The van der Waals surface area contributed by atoms with Gasteiger partial charge in [0.15, 0.2) is 0 Å². The number of hydrogen-bond acceptors (Lipinski definition) is 2. The fourth-order valence-corrected chi connectivity index (χ4v) is 6.79. The molecule has 148 valence electrons. The topological polar surface area (TPSA) is 37.4 Å². The van der Waals surface area contributed by atoms with E-state index >= 15 is 0 Å². The van der Waals surface area contributed by atoms with Crippen LogP contribution in [-0.2, 0) is 15.0 Å². The van der Waals surface area contributed by atoms with Gasteiger partial charge in [-0.3, -0.25) is 9.59 Å². The number of halogens is 1. The Balaban J connectivity index is 1.65. The van der Waals surface area contributed by atoms with E-state index in [9.17, 15) is 9.59 Å². The van der Waals surface area contributed by atoms with Crippen molar-refractivity contribution in [2.45, 2.75) is 24.7 Å². The molecule has 4 heteroatoms. The van der Waals surface area contributed by atoms with Crippen LogP contribution in [0.5, 0.6) is 0 Å². The first-order chi connectivity index (χ1) is 14.6. The Hall–Kier alpha value is -2.72.